The second-order valence-electron chi connectivity index (χ2n) is 4.59. The van der Waals surface area contributed by atoms with Crippen LogP contribution in [0.5, 0.6) is 5.75 Å². The first-order valence-corrected chi connectivity index (χ1v) is 7.78. The van der Waals surface area contributed by atoms with Gasteiger partial charge in [0.25, 0.3) is 0 Å². The van der Waals surface area contributed by atoms with Crippen LogP contribution in [0.4, 0.5) is 0 Å². The van der Waals surface area contributed by atoms with Gasteiger partial charge in [-0.25, -0.2) is 0 Å². The average Bonchev–Trinajstić information content (AvgIpc) is 2.38. The Morgan fingerprint density at radius 1 is 1.00 bits per heavy atom. The molecule has 1 atom stereocenters. The second kappa shape index (κ2) is 6.10. The van der Waals surface area contributed by atoms with Gasteiger partial charge in [0.05, 0.1) is 11.9 Å². The van der Waals surface area contributed by atoms with E-state index in [0.29, 0.717) is 0 Å². The second-order valence-corrected chi connectivity index (χ2v) is 6.42. The van der Waals surface area contributed by atoms with Crippen molar-refractivity contribution in [2.24, 2.45) is 0 Å². The SMILES string of the molecule is COc1ccc(C(Br)c2ccc(Br)cc2C)cc1C. The Morgan fingerprint density at radius 3 is 2.32 bits per heavy atom. The van der Waals surface area contributed by atoms with Gasteiger partial charge >= 0.3 is 0 Å². The van der Waals surface area contributed by atoms with E-state index in [-0.39, 0.29) is 4.83 Å². The number of alkyl halides is 1. The Morgan fingerprint density at radius 2 is 1.74 bits per heavy atom. The number of ether oxygens (including phenoxy) is 1. The fraction of sp³-hybridized carbons (Fsp3) is 0.250. The number of hydrogen-bond acceptors (Lipinski definition) is 1. The summed E-state index contributed by atoms with van der Waals surface area (Å²) < 4.78 is 6.41. The van der Waals surface area contributed by atoms with Crippen LogP contribution in [0.1, 0.15) is 27.1 Å². The fourth-order valence-electron chi connectivity index (χ4n) is 2.16. The van der Waals surface area contributed by atoms with Crippen LogP contribution in [-0.2, 0) is 0 Å². The normalized spacial score (nSPS) is 12.3. The lowest BCUT2D eigenvalue weighted by atomic mass is 9.99. The van der Waals surface area contributed by atoms with Crippen LogP contribution in [0.15, 0.2) is 40.9 Å². The monoisotopic (exact) mass is 382 g/mol. The summed E-state index contributed by atoms with van der Waals surface area (Å²) in [5.41, 5.74) is 4.94. The molecule has 0 N–H and O–H groups in total. The predicted molar refractivity (Wildman–Crippen MR) is 87.4 cm³/mol. The van der Waals surface area contributed by atoms with E-state index >= 15 is 0 Å². The summed E-state index contributed by atoms with van der Waals surface area (Å²) >= 11 is 7.29. The highest BCUT2D eigenvalue weighted by molar-refractivity contribution is 9.10. The van der Waals surface area contributed by atoms with Gasteiger partial charge in [-0.05, 0) is 54.3 Å². The molecule has 0 aliphatic heterocycles. The molecule has 100 valence electrons. The highest BCUT2D eigenvalue weighted by Crippen LogP contribution is 2.35. The van der Waals surface area contributed by atoms with Crippen molar-refractivity contribution in [2.75, 3.05) is 7.11 Å². The molecule has 0 aliphatic carbocycles. The first-order valence-electron chi connectivity index (χ1n) is 6.07. The third-order valence-electron chi connectivity index (χ3n) is 3.22. The maximum Gasteiger partial charge on any atom is 0.121 e. The molecule has 2 aromatic rings. The van der Waals surface area contributed by atoms with Crippen molar-refractivity contribution in [3.63, 3.8) is 0 Å². The predicted octanol–water partition coefficient (Wildman–Crippen LogP) is 5.56. The summed E-state index contributed by atoms with van der Waals surface area (Å²) in [6.45, 7) is 4.20. The molecule has 2 aromatic carbocycles. The maximum atomic E-state index is 5.30. The van der Waals surface area contributed by atoms with Crippen molar-refractivity contribution in [1.29, 1.82) is 0 Å². The van der Waals surface area contributed by atoms with Crippen LogP contribution in [0, 0.1) is 13.8 Å². The van der Waals surface area contributed by atoms with Gasteiger partial charge in [0.15, 0.2) is 0 Å². The van der Waals surface area contributed by atoms with Crippen molar-refractivity contribution < 1.29 is 4.74 Å². The van der Waals surface area contributed by atoms with Crippen molar-refractivity contribution in [3.05, 3.63) is 63.1 Å². The van der Waals surface area contributed by atoms with Gasteiger partial charge in [-0.2, -0.15) is 0 Å². The molecule has 0 fully saturated rings. The van der Waals surface area contributed by atoms with Crippen molar-refractivity contribution in [3.8, 4) is 5.75 Å². The zero-order chi connectivity index (χ0) is 14.0. The Hall–Kier alpha value is -0.800. The van der Waals surface area contributed by atoms with Crippen LogP contribution in [0.25, 0.3) is 0 Å². The fourth-order valence-corrected chi connectivity index (χ4v) is 3.44. The minimum absolute atomic E-state index is 0.199. The quantitative estimate of drug-likeness (QED) is 0.630. The Bertz CT molecular complexity index is 593. The molecule has 0 aromatic heterocycles. The molecular formula is C16H16Br2O. The zero-order valence-electron chi connectivity index (χ0n) is 11.2. The lowest BCUT2D eigenvalue weighted by Gasteiger charge is -2.15. The van der Waals surface area contributed by atoms with E-state index in [2.05, 4.69) is 76.0 Å². The number of methoxy groups -OCH3 is 1. The molecule has 0 bridgehead atoms. The molecule has 2 rings (SSSR count). The van der Waals surface area contributed by atoms with Crippen LogP contribution < -0.4 is 4.74 Å². The number of rotatable bonds is 3. The molecule has 0 spiro atoms. The number of aryl methyl sites for hydroxylation is 2. The Kier molecular flexibility index (Phi) is 4.69. The molecule has 1 unspecified atom stereocenters. The molecule has 1 nitrogen and oxygen atoms in total. The Balaban J connectivity index is 2.38. The molecular weight excluding hydrogens is 368 g/mol. The highest BCUT2D eigenvalue weighted by Gasteiger charge is 2.14. The average molecular weight is 384 g/mol. The molecule has 19 heavy (non-hydrogen) atoms. The van der Waals surface area contributed by atoms with E-state index in [4.69, 9.17) is 4.74 Å². The van der Waals surface area contributed by atoms with Gasteiger partial charge in [0.1, 0.15) is 5.75 Å². The first-order chi connectivity index (χ1) is 9.02. The number of benzene rings is 2. The Labute approximate surface area is 131 Å². The molecule has 0 aliphatic rings. The van der Waals surface area contributed by atoms with Gasteiger partial charge in [-0.15, -0.1) is 0 Å². The summed E-state index contributed by atoms with van der Waals surface area (Å²) in [5, 5.41) is 0. The maximum absolute atomic E-state index is 5.30. The minimum atomic E-state index is 0.199. The largest absolute Gasteiger partial charge is 0.496 e. The van der Waals surface area contributed by atoms with Crippen molar-refractivity contribution >= 4 is 31.9 Å². The van der Waals surface area contributed by atoms with Gasteiger partial charge in [-0.3, -0.25) is 0 Å². The molecule has 3 heteroatoms. The summed E-state index contributed by atoms with van der Waals surface area (Å²) in [5.74, 6) is 0.927. The van der Waals surface area contributed by atoms with Crippen molar-refractivity contribution in [2.45, 2.75) is 18.7 Å². The van der Waals surface area contributed by atoms with E-state index in [9.17, 15) is 0 Å². The lowest BCUT2D eigenvalue weighted by Crippen LogP contribution is -1.97. The molecule has 0 amide bonds. The van der Waals surface area contributed by atoms with Crippen LogP contribution in [0.3, 0.4) is 0 Å². The summed E-state index contributed by atoms with van der Waals surface area (Å²) in [6, 6.07) is 12.7. The zero-order valence-corrected chi connectivity index (χ0v) is 14.4. The van der Waals surface area contributed by atoms with Gasteiger partial charge < -0.3 is 4.74 Å². The minimum Gasteiger partial charge on any atom is -0.496 e. The first kappa shape index (κ1) is 14.6. The van der Waals surface area contributed by atoms with Crippen LogP contribution in [0.2, 0.25) is 0 Å². The van der Waals surface area contributed by atoms with E-state index in [0.717, 1.165) is 15.8 Å². The summed E-state index contributed by atoms with van der Waals surface area (Å²) in [6.07, 6.45) is 0. The van der Waals surface area contributed by atoms with Crippen LogP contribution >= 0.6 is 31.9 Å². The van der Waals surface area contributed by atoms with Gasteiger partial charge in [0, 0.05) is 4.47 Å². The molecule has 0 heterocycles. The third kappa shape index (κ3) is 3.21. The van der Waals surface area contributed by atoms with Gasteiger partial charge in [-0.1, -0.05) is 50.1 Å². The van der Waals surface area contributed by atoms with E-state index < -0.39 is 0 Å². The van der Waals surface area contributed by atoms with E-state index in [1.165, 1.54) is 16.7 Å². The van der Waals surface area contributed by atoms with Crippen molar-refractivity contribution in [1.82, 2.24) is 0 Å². The van der Waals surface area contributed by atoms with E-state index in [1.807, 2.05) is 6.07 Å². The number of halogens is 2. The summed E-state index contributed by atoms with van der Waals surface area (Å²) in [4.78, 5) is 0.199. The van der Waals surface area contributed by atoms with E-state index in [1.54, 1.807) is 7.11 Å². The highest BCUT2D eigenvalue weighted by atomic mass is 79.9. The third-order valence-corrected chi connectivity index (χ3v) is 4.73. The molecule has 0 saturated heterocycles. The summed E-state index contributed by atoms with van der Waals surface area (Å²) in [7, 11) is 1.70. The topological polar surface area (TPSA) is 9.23 Å². The van der Waals surface area contributed by atoms with Crippen LogP contribution in [-0.4, -0.2) is 7.11 Å². The number of hydrogen-bond donors (Lipinski definition) is 0. The van der Waals surface area contributed by atoms with Gasteiger partial charge in [0.2, 0.25) is 0 Å². The smallest absolute Gasteiger partial charge is 0.121 e. The molecule has 0 saturated carbocycles. The molecule has 0 radical (unpaired) electrons. The standard InChI is InChI=1S/C16H16Br2O/c1-10-9-13(17)5-6-14(10)16(18)12-4-7-15(19-3)11(2)8-12/h4-9,16H,1-3H3. The lowest BCUT2D eigenvalue weighted by molar-refractivity contribution is 0.411.